The van der Waals surface area contributed by atoms with Gasteiger partial charge in [0.2, 0.25) is 15.9 Å². The number of benzene rings is 2. The topological polar surface area (TPSA) is 87.7 Å². The molecule has 0 aliphatic carbocycles. The third kappa shape index (κ3) is 5.71. The summed E-state index contributed by atoms with van der Waals surface area (Å²) in [7, 11) is -2.30. The van der Waals surface area contributed by atoms with Crippen LogP contribution in [0.25, 0.3) is 0 Å². The van der Waals surface area contributed by atoms with Gasteiger partial charge in [0.25, 0.3) is 0 Å². The largest absolute Gasteiger partial charge is 0.495 e. The van der Waals surface area contributed by atoms with E-state index in [4.69, 9.17) is 4.74 Å². The van der Waals surface area contributed by atoms with Crippen LogP contribution in [-0.2, 0) is 21.0 Å². The van der Waals surface area contributed by atoms with Gasteiger partial charge < -0.3 is 15.4 Å². The van der Waals surface area contributed by atoms with Gasteiger partial charge in [-0.2, -0.15) is 17.5 Å². The normalized spacial score (nSPS) is 15.2. The van der Waals surface area contributed by atoms with E-state index in [1.54, 1.807) is 0 Å². The summed E-state index contributed by atoms with van der Waals surface area (Å²) >= 11 is 0. The van der Waals surface area contributed by atoms with E-state index in [9.17, 15) is 26.4 Å². The first-order chi connectivity index (χ1) is 15.1. The summed E-state index contributed by atoms with van der Waals surface area (Å²) in [5.74, 6) is -0.235. The number of halogens is 3. The second kappa shape index (κ2) is 9.78. The minimum atomic E-state index is -4.44. The fraction of sp³-hybridized carbons (Fsp3) is 0.381. The van der Waals surface area contributed by atoms with Gasteiger partial charge in [0.15, 0.2) is 0 Å². The number of amides is 1. The molecule has 32 heavy (non-hydrogen) atoms. The lowest BCUT2D eigenvalue weighted by Crippen LogP contribution is -2.35. The van der Waals surface area contributed by atoms with Crippen LogP contribution in [0.2, 0.25) is 0 Å². The zero-order valence-corrected chi connectivity index (χ0v) is 18.2. The Morgan fingerprint density at radius 3 is 2.31 bits per heavy atom. The average Bonchev–Trinajstić information content (AvgIpc) is 2.78. The van der Waals surface area contributed by atoms with Gasteiger partial charge in [-0.15, -0.1) is 0 Å². The number of carbonyl (C=O) groups excluding carboxylic acids is 1. The summed E-state index contributed by atoms with van der Waals surface area (Å²) in [6.07, 6.45) is -1.85. The molecule has 1 saturated heterocycles. The zero-order chi connectivity index (χ0) is 23.4. The fourth-order valence-electron chi connectivity index (χ4n) is 3.35. The van der Waals surface area contributed by atoms with Crippen LogP contribution in [0, 0.1) is 0 Å². The van der Waals surface area contributed by atoms with Gasteiger partial charge >= 0.3 is 6.18 Å². The molecule has 2 aromatic rings. The monoisotopic (exact) mass is 471 g/mol. The molecule has 11 heteroatoms. The first kappa shape index (κ1) is 23.9. The van der Waals surface area contributed by atoms with Gasteiger partial charge in [-0.1, -0.05) is 6.42 Å². The van der Waals surface area contributed by atoms with Crippen LogP contribution < -0.4 is 15.4 Å². The van der Waals surface area contributed by atoms with Crippen LogP contribution in [-0.4, -0.2) is 45.4 Å². The van der Waals surface area contributed by atoms with Crippen molar-refractivity contribution in [3.8, 4) is 5.75 Å². The fourth-order valence-corrected chi connectivity index (χ4v) is 4.90. The van der Waals surface area contributed by atoms with E-state index in [0.717, 1.165) is 31.4 Å². The minimum absolute atomic E-state index is 0.0474. The molecular weight excluding hydrogens is 447 g/mol. The molecule has 1 aliphatic heterocycles. The highest BCUT2D eigenvalue weighted by molar-refractivity contribution is 7.89. The van der Waals surface area contributed by atoms with Gasteiger partial charge in [-0.05, 0) is 55.3 Å². The Balaban J connectivity index is 1.69. The maximum atomic E-state index is 12.9. The first-order valence-electron chi connectivity index (χ1n) is 10.0. The molecule has 174 valence electrons. The summed E-state index contributed by atoms with van der Waals surface area (Å²) in [5, 5.41) is 5.32. The molecule has 0 unspecified atom stereocenters. The van der Waals surface area contributed by atoms with E-state index in [0.29, 0.717) is 18.8 Å². The third-order valence-corrected chi connectivity index (χ3v) is 6.96. The summed E-state index contributed by atoms with van der Waals surface area (Å²) in [6, 6.07) is 8.52. The van der Waals surface area contributed by atoms with Crippen LogP contribution in [0.5, 0.6) is 5.75 Å². The van der Waals surface area contributed by atoms with Crippen molar-refractivity contribution in [3.05, 3.63) is 48.0 Å². The zero-order valence-electron chi connectivity index (χ0n) is 17.4. The Hall–Kier alpha value is -2.79. The van der Waals surface area contributed by atoms with Crippen LogP contribution >= 0.6 is 0 Å². The van der Waals surface area contributed by atoms with E-state index in [1.165, 1.54) is 41.7 Å². The number of carbonyl (C=O) groups is 1. The molecule has 3 rings (SSSR count). The number of methoxy groups -OCH3 is 1. The number of hydrogen-bond acceptors (Lipinski definition) is 5. The van der Waals surface area contributed by atoms with Crippen molar-refractivity contribution in [2.24, 2.45) is 0 Å². The second-order valence-corrected chi connectivity index (χ2v) is 9.24. The van der Waals surface area contributed by atoms with Gasteiger partial charge in [0, 0.05) is 18.8 Å². The number of alkyl halides is 3. The first-order valence-corrected chi connectivity index (χ1v) is 11.4. The van der Waals surface area contributed by atoms with Gasteiger partial charge in [-0.3, -0.25) is 4.79 Å². The van der Waals surface area contributed by atoms with Crippen LogP contribution in [0.15, 0.2) is 47.4 Å². The van der Waals surface area contributed by atoms with Gasteiger partial charge in [-0.25, -0.2) is 8.42 Å². The summed E-state index contributed by atoms with van der Waals surface area (Å²) in [6.45, 7) is 0.665. The van der Waals surface area contributed by atoms with Crippen molar-refractivity contribution >= 4 is 27.3 Å². The van der Waals surface area contributed by atoms with Crippen LogP contribution in [0.3, 0.4) is 0 Å². The minimum Gasteiger partial charge on any atom is -0.495 e. The van der Waals surface area contributed by atoms with Gasteiger partial charge in [0.1, 0.15) is 5.75 Å². The van der Waals surface area contributed by atoms with E-state index >= 15 is 0 Å². The Bertz CT molecular complexity index is 1050. The highest BCUT2D eigenvalue weighted by Crippen LogP contribution is 2.31. The van der Waals surface area contributed by atoms with E-state index < -0.39 is 27.7 Å². The molecule has 1 amide bonds. The molecule has 0 saturated carbocycles. The molecule has 0 radical (unpaired) electrons. The highest BCUT2D eigenvalue weighted by Gasteiger charge is 2.30. The third-order valence-electron chi connectivity index (χ3n) is 5.06. The Labute approximate surface area is 184 Å². The van der Waals surface area contributed by atoms with Gasteiger partial charge in [0.05, 0.1) is 29.8 Å². The molecule has 1 fully saturated rings. The quantitative estimate of drug-likeness (QED) is 0.639. The second-order valence-electron chi connectivity index (χ2n) is 7.30. The lowest BCUT2D eigenvalue weighted by atomic mass is 10.2. The van der Waals surface area contributed by atoms with Crippen LogP contribution in [0.4, 0.5) is 24.5 Å². The van der Waals surface area contributed by atoms with Crippen molar-refractivity contribution in [3.63, 3.8) is 0 Å². The standard InChI is InChI=1S/C21H24F3N3O4S/c1-31-19-10-9-17(32(29,30)27-11-3-2-4-12-27)13-18(19)26-20(28)14-25-16-7-5-15(6-8-16)21(22,23)24/h5-10,13,25H,2-4,11-12,14H2,1H3,(H,26,28). The maximum absolute atomic E-state index is 12.9. The number of ether oxygens (including phenoxy) is 1. The molecule has 7 nitrogen and oxygen atoms in total. The molecule has 0 aromatic heterocycles. The van der Waals surface area contributed by atoms with Crippen molar-refractivity contribution in [1.82, 2.24) is 4.31 Å². The van der Waals surface area contributed by atoms with E-state index in [2.05, 4.69) is 10.6 Å². The number of anilines is 2. The lowest BCUT2D eigenvalue weighted by Gasteiger charge is -2.26. The summed E-state index contributed by atoms with van der Waals surface area (Å²) < 4.78 is 70.4. The van der Waals surface area contributed by atoms with E-state index in [-0.39, 0.29) is 22.9 Å². The Morgan fingerprint density at radius 2 is 1.72 bits per heavy atom. The maximum Gasteiger partial charge on any atom is 0.416 e. The summed E-state index contributed by atoms with van der Waals surface area (Å²) in [4.78, 5) is 12.4. The highest BCUT2D eigenvalue weighted by atomic mass is 32.2. The Kier molecular flexibility index (Phi) is 7.29. The predicted octanol–water partition coefficient (Wildman–Crippen LogP) is 3.94. The average molecular weight is 472 g/mol. The van der Waals surface area contributed by atoms with Crippen LogP contribution in [0.1, 0.15) is 24.8 Å². The summed E-state index contributed by atoms with van der Waals surface area (Å²) in [5.41, 5.74) is -0.268. The molecule has 0 bridgehead atoms. The number of hydrogen-bond donors (Lipinski definition) is 2. The molecule has 2 aromatic carbocycles. The van der Waals surface area contributed by atoms with Crippen molar-refractivity contribution in [2.45, 2.75) is 30.3 Å². The number of nitrogens with one attached hydrogen (secondary N) is 2. The van der Waals surface area contributed by atoms with Crippen molar-refractivity contribution in [1.29, 1.82) is 0 Å². The molecule has 0 spiro atoms. The number of nitrogens with zero attached hydrogens (tertiary/aromatic N) is 1. The smallest absolute Gasteiger partial charge is 0.416 e. The molecular formula is C21H24F3N3O4S. The molecule has 1 heterocycles. The number of sulfonamides is 1. The van der Waals surface area contributed by atoms with Crippen molar-refractivity contribution < 1.29 is 31.1 Å². The molecule has 1 aliphatic rings. The Morgan fingerprint density at radius 1 is 1.06 bits per heavy atom. The predicted molar refractivity (Wildman–Crippen MR) is 114 cm³/mol. The van der Waals surface area contributed by atoms with E-state index in [1.807, 2.05) is 0 Å². The number of rotatable bonds is 7. The lowest BCUT2D eigenvalue weighted by molar-refractivity contribution is -0.137. The number of piperidine rings is 1. The molecule has 2 N–H and O–H groups in total. The van der Waals surface area contributed by atoms with Crippen molar-refractivity contribution in [2.75, 3.05) is 37.4 Å². The SMILES string of the molecule is COc1ccc(S(=O)(=O)N2CCCCC2)cc1NC(=O)CNc1ccc(C(F)(F)F)cc1. The molecule has 0 atom stereocenters.